The number of allylic oxidation sites excluding steroid dienone is 1. The van der Waals surface area contributed by atoms with Crippen molar-refractivity contribution in [3.8, 4) is 0 Å². The molecular formula is C13H18ClN3O2S. The lowest BCUT2D eigenvalue weighted by Crippen LogP contribution is -2.48. The van der Waals surface area contributed by atoms with Crippen molar-refractivity contribution in [2.75, 3.05) is 31.1 Å². The summed E-state index contributed by atoms with van der Waals surface area (Å²) in [6, 6.07) is 3.64. The number of hydrogen-bond acceptors (Lipinski definition) is 4. The van der Waals surface area contributed by atoms with Crippen LogP contribution in [-0.2, 0) is 10.0 Å². The Labute approximate surface area is 124 Å². The van der Waals surface area contributed by atoms with E-state index >= 15 is 0 Å². The monoisotopic (exact) mass is 315 g/mol. The Morgan fingerprint density at radius 3 is 2.55 bits per heavy atom. The molecule has 1 aliphatic heterocycles. The number of halogens is 1. The van der Waals surface area contributed by atoms with Crippen LogP contribution < -0.4 is 4.90 Å². The SMILES string of the molecule is CC/C=C/S(=O)(=O)N1CCN(c2ccc(Cl)cn2)CC1. The lowest BCUT2D eigenvalue weighted by molar-refractivity contribution is 0.389. The third kappa shape index (κ3) is 3.71. The molecule has 0 radical (unpaired) electrons. The molecule has 0 N–H and O–H groups in total. The minimum atomic E-state index is -3.27. The third-order valence-corrected chi connectivity index (χ3v) is 4.98. The normalized spacial score (nSPS) is 17.8. The first-order valence-electron chi connectivity index (χ1n) is 6.56. The first-order chi connectivity index (χ1) is 9.53. The molecule has 5 nitrogen and oxygen atoms in total. The molecule has 2 rings (SSSR count). The van der Waals surface area contributed by atoms with Crippen molar-refractivity contribution < 1.29 is 8.42 Å². The van der Waals surface area contributed by atoms with Crippen LogP contribution in [0.15, 0.2) is 29.8 Å². The van der Waals surface area contributed by atoms with Gasteiger partial charge in [-0.3, -0.25) is 0 Å². The highest BCUT2D eigenvalue weighted by atomic mass is 35.5. The van der Waals surface area contributed by atoms with E-state index in [4.69, 9.17) is 11.6 Å². The standard InChI is InChI=1S/C13H18ClN3O2S/c1-2-3-10-20(18,19)17-8-6-16(7-9-17)13-5-4-12(14)11-15-13/h3-5,10-11H,2,6-9H2,1H3/b10-3+. The zero-order valence-corrected chi connectivity index (χ0v) is 12.9. The Hall–Kier alpha value is -1.11. The summed E-state index contributed by atoms with van der Waals surface area (Å²) < 4.78 is 25.5. The number of sulfonamides is 1. The average Bonchev–Trinajstić information content (AvgIpc) is 2.46. The summed E-state index contributed by atoms with van der Waals surface area (Å²) in [5, 5.41) is 1.89. The molecule has 2 heterocycles. The average molecular weight is 316 g/mol. The molecule has 0 aromatic carbocycles. The van der Waals surface area contributed by atoms with Gasteiger partial charge in [-0.05, 0) is 18.6 Å². The van der Waals surface area contributed by atoms with Crippen LogP contribution in [0.4, 0.5) is 5.82 Å². The van der Waals surface area contributed by atoms with Gasteiger partial charge in [0.25, 0.3) is 0 Å². The Morgan fingerprint density at radius 1 is 1.30 bits per heavy atom. The maximum Gasteiger partial charge on any atom is 0.236 e. The number of piperazine rings is 1. The molecule has 1 aliphatic rings. The van der Waals surface area contributed by atoms with E-state index < -0.39 is 10.0 Å². The zero-order chi connectivity index (χ0) is 14.6. The smallest absolute Gasteiger partial charge is 0.236 e. The maximum atomic E-state index is 12.0. The molecule has 0 amide bonds. The fraction of sp³-hybridized carbons (Fsp3) is 0.462. The topological polar surface area (TPSA) is 53.5 Å². The zero-order valence-electron chi connectivity index (χ0n) is 11.4. The van der Waals surface area contributed by atoms with E-state index in [-0.39, 0.29) is 0 Å². The van der Waals surface area contributed by atoms with Crippen LogP contribution in [-0.4, -0.2) is 43.9 Å². The highest BCUT2D eigenvalue weighted by Crippen LogP contribution is 2.17. The van der Waals surface area contributed by atoms with Crippen LogP contribution in [0.3, 0.4) is 0 Å². The van der Waals surface area contributed by atoms with Gasteiger partial charge in [-0.1, -0.05) is 24.6 Å². The summed E-state index contributed by atoms with van der Waals surface area (Å²) in [6.45, 7) is 4.12. The van der Waals surface area contributed by atoms with Crippen molar-refractivity contribution in [3.63, 3.8) is 0 Å². The minimum Gasteiger partial charge on any atom is -0.354 e. The number of anilines is 1. The Balaban J connectivity index is 1.99. The summed E-state index contributed by atoms with van der Waals surface area (Å²) in [6.07, 6.45) is 3.99. The molecule has 1 aromatic heterocycles. The van der Waals surface area contributed by atoms with E-state index in [9.17, 15) is 8.42 Å². The molecule has 0 bridgehead atoms. The lowest BCUT2D eigenvalue weighted by atomic mass is 10.3. The number of pyridine rings is 1. The Bertz CT molecular complexity index is 564. The van der Waals surface area contributed by atoms with E-state index in [0.717, 1.165) is 5.82 Å². The first kappa shape index (κ1) is 15.3. The predicted octanol–water partition coefficient (Wildman–Crippen LogP) is 2.11. The molecule has 1 saturated heterocycles. The molecule has 7 heteroatoms. The maximum absolute atomic E-state index is 12.0. The summed E-state index contributed by atoms with van der Waals surface area (Å²) in [7, 11) is -3.27. The van der Waals surface area contributed by atoms with Gasteiger partial charge in [0.2, 0.25) is 10.0 Å². The van der Waals surface area contributed by atoms with E-state index in [2.05, 4.69) is 9.88 Å². The van der Waals surface area contributed by atoms with Gasteiger partial charge in [0.15, 0.2) is 0 Å². The van der Waals surface area contributed by atoms with Gasteiger partial charge in [0.05, 0.1) is 5.02 Å². The molecule has 0 spiro atoms. The Kier molecular flexibility index (Phi) is 5.01. The second-order valence-electron chi connectivity index (χ2n) is 4.55. The highest BCUT2D eigenvalue weighted by Gasteiger charge is 2.25. The summed E-state index contributed by atoms with van der Waals surface area (Å²) in [5.74, 6) is 0.829. The number of aromatic nitrogens is 1. The highest BCUT2D eigenvalue weighted by molar-refractivity contribution is 7.92. The third-order valence-electron chi connectivity index (χ3n) is 3.14. The fourth-order valence-corrected chi connectivity index (χ4v) is 3.42. The molecule has 0 saturated carbocycles. The van der Waals surface area contributed by atoms with Gasteiger partial charge in [-0.15, -0.1) is 0 Å². The van der Waals surface area contributed by atoms with Crippen molar-refractivity contribution in [2.45, 2.75) is 13.3 Å². The van der Waals surface area contributed by atoms with Gasteiger partial charge in [-0.25, -0.2) is 13.4 Å². The van der Waals surface area contributed by atoms with Crippen LogP contribution in [0.5, 0.6) is 0 Å². The second kappa shape index (κ2) is 6.56. The molecule has 0 aliphatic carbocycles. The second-order valence-corrected chi connectivity index (χ2v) is 6.80. The van der Waals surface area contributed by atoms with Crippen LogP contribution in [0.2, 0.25) is 5.02 Å². The largest absolute Gasteiger partial charge is 0.354 e. The van der Waals surface area contributed by atoms with Gasteiger partial charge >= 0.3 is 0 Å². The summed E-state index contributed by atoms with van der Waals surface area (Å²) in [5.41, 5.74) is 0. The molecule has 0 atom stereocenters. The molecular weight excluding hydrogens is 298 g/mol. The van der Waals surface area contributed by atoms with Crippen LogP contribution in [0.25, 0.3) is 0 Å². The quantitative estimate of drug-likeness (QED) is 0.854. The Morgan fingerprint density at radius 2 is 2.00 bits per heavy atom. The van der Waals surface area contributed by atoms with Crippen molar-refractivity contribution in [1.82, 2.24) is 9.29 Å². The fourth-order valence-electron chi connectivity index (χ4n) is 2.03. The van der Waals surface area contributed by atoms with Gasteiger partial charge in [0, 0.05) is 37.8 Å². The lowest BCUT2D eigenvalue weighted by Gasteiger charge is -2.34. The molecule has 20 heavy (non-hydrogen) atoms. The van der Waals surface area contributed by atoms with Crippen LogP contribution in [0.1, 0.15) is 13.3 Å². The van der Waals surface area contributed by atoms with E-state index in [1.165, 1.54) is 9.71 Å². The van der Waals surface area contributed by atoms with Crippen molar-refractivity contribution >= 4 is 27.4 Å². The van der Waals surface area contributed by atoms with Gasteiger partial charge < -0.3 is 4.90 Å². The molecule has 0 unspecified atom stereocenters. The van der Waals surface area contributed by atoms with E-state index in [1.54, 1.807) is 18.3 Å². The predicted molar refractivity (Wildman–Crippen MR) is 81.4 cm³/mol. The number of rotatable bonds is 4. The van der Waals surface area contributed by atoms with Gasteiger partial charge in [-0.2, -0.15) is 4.31 Å². The van der Waals surface area contributed by atoms with E-state index in [0.29, 0.717) is 37.6 Å². The minimum absolute atomic E-state index is 0.473. The van der Waals surface area contributed by atoms with Crippen LogP contribution >= 0.6 is 11.6 Å². The number of hydrogen-bond donors (Lipinski definition) is 0. The van der Waals surface area contributed by atoms with E-state index in [1.807, 2.05) is 13.0 Å². The van der Waals surface area contributed by atoms with Crippen molar-refractivity contribution in [2.24, 2.45) is 0 Å². The molecule has 1 aromatic rings. The van der Waals surface area contributed by atoms with Gasteiger partial charge in [0.1, 0.15) is 5.82 Å². The first-order valence-corrected chi connectivity index (χ1v) is 8.44. The van der Waals surface area contributed by atoms with Crippen LogP contribution in [0, 0.1) is 0 Å². The molecule has 1 fully saturated rings. The molecule has 110 valence electrons. The summed E-state index contributed by atoms with van der Waals surface area (Å²) >= 11 is 5.81. The summed E-state index contributed by atoms with van der Waals surface area (Å²) in [4.78, 5) is 6.31. The van der Waals surface area contributed by atoms with Crippen molar-refractivity contribution in [3.05, 3.63) is 34.8 Å². The van der Waals surface area contributed by atoms with Crippen molar-refractivity contribution in [1.29, 1.82) is 0 Å². The number of nitrogens with zero attached hydrogens (tertiary/aromatic N) is 3.